The van der Waals surface area contributed by atoms with E-state index in [0.29, 0.717) is 12.1 Å². The lowest BCUT2D eigenvalue weighted by Gasteiger charge is -2.28. The number of hydrogen-bond donors (Lipinski definition) is 1. The summed E-state index contributed by atoms with van der Waals surface area (Å²) in [4.78, 5) is 18.0. The molecule has 0 saturated carbocycles. The average Bonchev–Trinajstić information content (AvgIpc) is 3.00. The molecule has 0 aliphatic carbocycles. The third-order valence-corrected chi connectivity index (χ3v) is 6.01. The van der Waals surface area contributed by atoms with Crippen LogP contribution in [0.5, 0.6) is 5.75 Å². The summed E-state index contributed by atoms with van der Waals surface area (Å²) >= 11 is 0. The number of ketones is 1. The number of carbonyl (C=O) groups excluding carboxylic acids is 1. The summed E-state index contributed by atoms with van der Waals surface area (Å²) in [5.41, 5.74) is 4.55. The van der Waals surface area contributed by atoms with Crippen LogP contribution >= 0.6 is 0 Å². The maximum atomic E-state index is 13.5. The van der Waals surface area contributed by atoms with Gasteiger partial charge in [-0.3, -0.25) is 9.79 Å². The maximum absolute atomic E-state index is 13.5. The second-order valence-electron chi connectivity index (χ2n) is 10.8. The molecule has 5 heteroatoms. The lowest BCUT2D eigenvalue weighted by Crippen LogP contribution is -2.29. The molecular formula is C28H37N3O2. The highest BCUT2D eigenvalue weighted by Crippen LogP contribution is 2.39. The van der Waals surface area contributed by atoms with Gasteiger partial charge in [0.05, 0.1) is 13.1 Å². The zero-order chi connectivity index (χ0) is 24.6. The molecule has 3 rings (SSSR count). The molecule has 33 heavy (non-hydrogen) atoms. The number of rotatable bonds is 5. The third-order valence-electron chi connectivity index (χ3n) is 6.01. The second-order valence-corrected chi connectivity index (χ2v) is 10.8. The van der Waals surface area contributed by atoms with E-state index >= 15 is 0 Å². The minimum Gasteiger partial charge on any atom is -0.507 e. The molecule has 0 radical (unpaired) electrons. The number of aromatic hydroxyl groups is 1. The molecule has 0 aliphatic heterocycles. The number of hydrogen-bond acceptors (Lipinski definition) is 3. The fourth-order valence-electron chi connectivity index (χ4n) is 4.18. The molecule has 0 amide bonds. The predicted molar refractivity (Wildman–Crippen MR) is 134 cm³/mol. The van der Waals surface area contributed by atoms with E-state index < -0.39 is 0 Å². The van der Waals surface area contributed by atoms with Crippen LogP contribution in [0, 0.1) is 6.92 Å². The van der Waals surface area contributed by atoms with Crippen molar-refractivity contribution in [2.24, 2.45) is 4.99 Å². The van der Waals surface area contributed by atoms with E-state index in [1.807, 2.05) is 48.0 Å². The Morgan fingerprint density at radius 3 is 2.00 bits per heavy atom. The molecule has 1 heterocycles. The van der Waals surface area contributed by atoms with Crippen LogP contribution in [0.1, 0.15) is 74.3 Å². The lowest BCUT2D eigenvalue weighted by atomic mass is 9.78. The molecule has 1 aromatic heterocycles. The van der Waals surface area contributed by atoms with Crippen LogP contribution in [-0.4, -0.2) is 27.1 Å². The summed E-state index contributed by atoms with van der Waals surface area (Å²) in [5, 5.41) is 11.0. The van der Waals surface area contributed by atoms with E-state index in [0.717, 1.165) is 22.4 Å². The van der Waals surface area contributed by atoms with E-state index in [1.54, 1.807) is 7.05 Å². The van der Waals surface area contributed by atoms with Gasteiger partial charge in [-0.15, -0.1) is 0 Å². The molecule has 3 aromatic rings. The minimum absolute atomic E-state index is 0.00135. The van der Waals surface area contributed by atoms with E-state index in [1.165, 1.54) is 5.56 Å². The van der Waals surface area contributed by atoms with Crippen LogP contribution in [0.25, 0.3) is 0 Å². The Bertz CT molecular complexity index is 1180. The van der Waals surface area contributed by atoms with Gasteiger partial charge in [-0.05, 0) is 35.4 Å². The van der Waals surface area contributed by atoms with Crippen LogP contribution in [0.15, 0.2) is 53.7 Å². The van der Waals surface area contributed by atoms with E-state index in [2.05, 4.69) is 63.2 Å². The number of Topliss-reactive ketones (excluding diaryl/α,β-unsaturated/α-hetero) is 1. The number of imidazole rings is 1. The summed E-state index contributed by atoms with van der Waals surface area (Å²) in [6.07, 6.45) is 2.04. The van der Waals surface area contributed by atoms with E-state index in [4.69, 9.17) is 0 Å². The van der Waals surface area contributed by atoms with Crippen LogP contribution in [-0.2, 0) is 23.9 Å². The smallest absolute Gasteiger partial charge is 0.205 e. The van der Waals surface area contributed by atoms with Crippen molar-refractivity contribution >= 4 is 5.78 Å². The van der Waals surface area contributed by atoms with Crippen molar-refractivity contribution in [2.45, 2.75) is 72.4 Å². The van der Waals surface area contributed by atoms with Gasteiger partial charge in [0.15, 0.2) is 5.78 Å². The first-order chi connectivity index (χ1) is 15.3. The van der Waals surface area contributed by atoms with Crippen molar-refractivity contribution in [3.63, 3.8) is 0 Å². The van der Waals surface area contributed by atoms with Gasteiger partial charge >= 0.3 is 0 Å². The molecule has 0 unspecified atom stereocenters. The van der Waals surface area contributed by atoms with E-state index in [9.17, 15) is 9.90 Å². The van der Waals surface area contributed by atoms with Gasteiger partial charge in [-0.1, -0.05) is 71.9 Å². The normalized spacial score (nSPS) is 12.9. The minimum atomic E-state index is -0.285. The van der Waals surface area contributed by atoms with Crippen molar-refractivity contribution in [1.82, 2.24) is 9.13 Å². The number of phenolic OH excluding ortho intramolecular Hbond substituents is 1. The number of carbonyl (C=O) groups is 1. The molecule has 0 bridgehead atoms. The number of aromatic nitrogens is 2. The zero-order valence-electron chi connectivity index (χ0n) is 21.2. The first kappa shape index (κ1) is 24.6. The highest BCUT2D eigenvalue weighted by Gasteiger charge is 2.28. The maximum Gasteiger partial charge on any atom is 0.205 e. The highest BCUT2D eigenvalue weighted by molar-refractivity contribution is 5.96. The Balaban J connectivity index is 2.03. The van der Waals surface area contributed by atoms with Gasteiger partial charge in [0, 0.05) is 35.6 Å². The largest absolute Gasteiger partial charge is 0.507 e. The molecule has 0 atom stereocenters. The Morgan fingerprint density at radius 1 is 0.970 bits per heavy atom. The van der Waals surface area contributed by atoms with Crippen molar-refractivity contribution in [3.05, 3.63) is 82.2 Å². The summed E-state index contributed by atoms with van der Waals surface area (Å²) in [7, 11) is 1.76. The van der Waals surface area contributed by atoms with E-state index in [-0.39, 0.29) is 28.9 Å². The summed E-state index contributed by atoms with van der Waals surface area (Å²) in [6.45, 7) is 15.2. The molecular weight excluding hydrogens is 410 g/mol. The van der Waals surface area contributed by atoms with Gasteiger partial charge in [-0.25, -0.2) is 0 Å². The van der Waals surface area contributed by atoms with Gasteiger partial charge < -0.3 is 14.2 Å². The molecule has 0 spiro atoms. The number of phenols is 1. The zero-order valence-corrected chi connectivity index (χ0v) is 21.2. The highest BCUT2D eigenvalue weighted by atomic mass is 16.3. The topological polar surface area (TPSA) is 59.5 Å². The summed E-state index contributed by atoms with van der Waals surface area (Å²) < 4.78 is 4.04. The monoisotopic (exact) mass is 447 g/mol. The van der Waals surface area contributed by atoms with Gasteiger partial charge in [-0.2, -0.15) is 0 Å². The van der Waals surface area contributed by atoms with Gasteiger partial charge in [0.25, 0.3) is 0 Å². The predicted octanol–water partition coefficient (Wildman–Crippen LogP) is 5.36. The first-order valence-corrected chi connectivity index (χ1v) is 11.5. The molecule has 0 aliphatic rings. The third kappa shape index (κ3) is 5.29. The fraction of sp³-hybridized carbons (Fsp3) is 0.429. The quantitative estimate of drug-likeness (QED) is 0.535. The standard InChI is InChI=1S/C28H37N3O2/c1-19-16-30(17-20-12-10-9-11-13-20)26(29-8)31(19)18-24(32)21-14-22(27(2,3)4)25(33)23(15-21)28(5,6)7/h9-16,33H,17-18H2,1-8H3/b29-26-. The van der Waals surface area contributed by atoms with Crippen LogP contribution in [0.4, 0.5) is 0 Å². The molecule has 5 nitrogen and oxygen atoms in total. The average molecular weight is 448 g/mol. The van der Waals surface area contributed by atoms with Crippen LogP contribution in [0.3, 0.4) is 0 Å². The lowest BCUT2D eigenvalue weighted by molar-refractivity contribution is 0.0969. The summed E-state index contributed by atoms with van der Waals surface area (Å²) in [5.74, 6) is 0.287. The summed E-state index contributed by atoms with van der Waals surface area (Å²) in [6, 6.07) is 13.9. The van der Waals surface area contributed by atoms with Crippen molar-refractivity contribution in [1.29, 1.82) is 0 Å². The fourth-order valence-corrected chi connectivity index (χ4v) is 4.18. The molecule has 1 N–H and O–H groups in total. The van der Waals surface area contributed by atoms with Gasteiger partial charge in [0.2, 0.25) is 5.62 Å². The van der Waals surface area contributed by atoms with Crippen LogP contribution in [0.2, 0.25) is 0 Å². The first-order valence-electron chi connectivity index (χ1n) is 11.5. The van der Waals surface area contributed by atoms with Crippen molar-refractivity contribution in [3.8, 4) is 5.75 Å². The van der Waals surface area contributed by atoms with Crippen molar-refractivity contribution in [2.75, 3.05) is 7.05 Å². The molecule has 0 fully saturated rings. The van der Waals surface area contributed by atoms with Crippen LogP contribution < -0.4 is 5.62 Å². The number of aryl methyl sites for hydroxylation is 1. The SMILES string of the molecule is C/N=c1/n(Cc2ccccc2)cc(C)n1CC(=O)c1cc(C(C)(C)C)c(O)c(C(C)(C)C)c1. The number of benzene rings is 2. The Morgan fingerprint density at radius 2 is 1.52 bits per heavy atom. The number of nitrogens with zero attached hydrogens (tertiary/aromatic N) is 3. The second kappa shape index (κ2) is 9.05. The molecule has 2 aromatic carbocycles. The van der Waals surface area contributed by atoms with Crippen molar-refractivity contribution < 1.29 is 9.90 Å². The Hall–Kier alpha value is -3.08. The van der Waals surface area contributed by atoms with Gasteiger partial charge in [0.1, 0.15) is 5.75 Å². The Kier molecular flexibility index (Phi) is 6.73. The Labute approximate surface area is 197 Å². The molecule has 0 saturated heterocycles. The molecule has 176 valence electrons.